The van der Waals surface area contributed by atoms with Gasteiger partial charge < -0.3 is 9.64 Å². The molecule has 1 aromatic rings. The Labute approximate surface area is 137 Å². The highest BCUT2D eigenvalue weighted by atomic mass is 32.1. The summed E-state index contributed by atoms with van der Waals surface area (Å²) in [7, 11) is 0. The Morgan fingerprint density at radius 3 is 2.86 bits per heavy atom. The Balaban J connectivity index is 1.94. The molecule has 0 radical (unpaired) electrons. The maximum Gasteiger partial charge on any atom is 0.267 e. The molecule has 124 valence electrons. The predicted octanol–water partition coefficient (Wildman–Crippen LogP) is 3.33. The normalized spacial score (nSPS) is 19.2. The van der Waals surface area contributed by atoms with Crippen molar-refractivity contribution >= 4 is 17.4 Å². The second-order valence-corrected chi connectivity index (χ2v) is 7.46. The molecule has 1 unspecified atom stereocenters. The molecule has 2 rings (SSSR count). The molecular weight excluding hydrogens is 298 g/mol. The molecule has 0 aromatic carbocycles. The van der Waals surface area contributed by atoms with E-state index in [1.54, 1.807) is 0 Å². The topological polar surface area (TPSA) is 55.3 Å². The minimum Gasteiger partial charge on any atom is -0.375 e. The van der Waals surface area contributed by atoms with E-state index in [4.69, 9.17) is 4.74 Å². The number of carbonyl (C=O) groups is 1. The van der Waals surface area contributed by atoms with Gasteiger partial charge in [-0.2, -0.15) is 0 Å². The Kier molecular flexibility index (Phi) is 6.32. The summed E-state index contributed by atoms with van der Waals surface area (Å²) in [5, 5.41) is 4.11. The highest BCUT2D eigenvalue weighted by molar-refractivity contribution is 7.08. The minimum absolute atomic E-state index is 0.0656. The zero-order valence-corrected chi connectivity index (χ0v) is 14.9. The van der Waals surface area contributed by atoms with Gasteiger partial charge in [-0.25, -0.2) is 0 Å². The van der Waals surface area contributed by atoms with E-state index >= 15 is 0 Å². The predicted molar refractivity (Wildman–Crippen MR) is 88.3 cm³/mol. The summed E-state index contributed by atoms with van der Waals surface area (Å²) < 4.78 is 9.77. The third-order valence-electron chi connectivity index (χ3n) is 3.99. The molecule has 0 aliphatic carbocycles. The number of aromatic nitrogens is 2. The minimum atomic E-state index is 0.0656. The van der Waals surface area contributed by atoms with Crippen molar-refractivity contribution in [3.05, 3.63) is 10.6 Å². The molecule has 6 heteroatoms. The first kappa shape index (κ1) is 17.3. The molecule has 0 saturated carbocycles. The molecule has 1 fully saturated rings. The van der Waals surface area contributed by atoms with Gasteiger partial charge >= 0.3 is 0 Å². The standard InChI is InChI=1S/C16H27N3O2S/c1-11(2)6-5-7-13-10-19(8-9-21-13)16(20)15-14(12(3)4)17-18-22-15/h11-13H,5-10H2,1-4H3. The van der Waals surface area contributed by atoms with Gasteiger partial charge in [0.05, 0.1) is 18.4 Å². The summed E-state index contributed by atoms with van der Waals surface area (Å²) in [5.74, 6) is 1.01. The fourth-order valence-electron chi connectivity index (χ4n) is 2.70. The lowest BCUT2D eigenvalue weighted by Gasteiger charge is -2.33. The SMILES string of the molecule is CC(C)CCCC1CN(C(=O)c2snnc2C(C)C)CCO1. The third-order valence-corrected chi connectivity index (χ3v) is 4.72. The second kappa shape index (κ2) is 8.02. The van der Waals surface area contributed by atoms with E-state index in [-0.39, 0.29) is 17.9 Å². The van der Waals surface area contributed by atoms with Gasteiger partial charge in [-0.15, -0.1) is 5.10 Å². The van der Waals surface area contributed by atoms with Crippen molar-refractivity contribution in [3.63, 3.8) is 0 Å². The number of amides is 1. The molecule has 5 nitrogen and oxygen atoms in total. The summed E-state index contributed by atoms with van der Waals surface area (Å²) in [4.78, 5) is 15.3. The Morgan fingerprint density at radius 2 is 2.18 bits per heavy atom. The Hall–Kier alpha value is -1.01. The lowest BCUT2D eigenvalue weighted by molar-refractivity contribution is -0.0259. The molecule has 0 N–H and O–H groups in total. The van der Waals surface area contributed by atoms with Crippen LogP contribution in [0.2, 0.25) is 0 Å². The third kappa shape index (κ3) is 4.49. The zero-order chi connectivity index (χ0) is 16.1. The average Bonchev–Trinajstić information content (AvgIpc) is 2.96. The molecule has 22 heavy (non-hydrogen) atoms. The maximum absolute atomic E-state index is 12.7. The molecule has 0 bridgehead atoms. The van der Waals surface area contributed by atoms with Crippen LogP contribution in [0.5, 0.6) is 0 Å². The summed E-state index contributed by atoms with van der Waals surface area (Å²) in [6.45, 7) is 10.5. The number of morpholine rings is 1. The van der Waals surface area contributed by atoms with E-state index in [0.717, 1.165) is 24.5 Å². The molecule has 2 heterocycles. The first-order chi connectivity index (χ1) is 10.5. The van der Waals surface area contributed by atoms with Gasteiger partial charge in [0.1, 0.15) is 4.88 Å². The number of nitrogens with zero attached hydrogens (tertiary/aromatic N) is 3. The molecule has 0 spiro atoms. The van der Waals surface area contributed by atoms with Crippen molar-refractivity contribution in [3.8, 4) is 0 Å². The van der Waals surface area contributed by atoms with E-state index in [0.29, 0.717) is 24.6 Å². The number of ether oxygens (including phenoxy) is 1. The lowest BCUT2D eigenvalue weighted by atomic mass is 10.0. The van der Waals surface area contributed by atoms with Crippen LogP contribution in [-0.2, 0) is 4.74 Å². The van der Waals surface area contributed by atoms with Crippen LogP contribution >= 0.6 is 11.5 Å². The van der Waals surface area contributed by atoms with Gasteiger partial charge in [-0.05, 0) is 29.8 Å². The first-order valence-corrected chi connectivity index (χ1v) is 8.99. The molecule has 1 aliphatic heterocycles. The Morgan fingerprint density at radius 1 is 1.41 bits per heavy atom. The monoisotopic (exact) mass is 325 g/mol. The van der Waals surface area contributed by atoms with Crippen LogP contribution in [-0.4, -0.2) is 46.2 Å². The van der Waals surface area contributed by atoms with Crippen molar-refractivity contribution in [2.45, 2.75) is 59.0 Å². The fraction of sp³-hybridized carbons (Fsp3) is 0.812. The van der Waals surface area contributed by atoms with E-state index < -0.39 is 0 Å². The summed E-state index contributed by atoms with van der Waals surface area (Å²) in [5.41, 5.74) is 0.817. The zero-order valence-electron chi connectivity index (χ0n) is 14.0. The average molecular weight is 325 g/mol. The highest BCUT2D eigenvalue weighted by Crippen LogP contribution is 2.23. The van der Waals surface area contributed by atoms with Crippen LogP contribution in [0.4, 0.5) is 0 Å². The van der Waals surface area contributed by atoms with Gasteiger partial charge in [0.15, 0.2) is 0 Å². The van der Waals surface area contributed by atoms with Crippen LogP contribution in [0.15, 0.2) is 0 Å². The molecule has 1 aliphatic rings. The van der Waals surface area contributed by atoms with Gasteiger partial charge in [0.2, 0.25) is 0 Å². The second-order valence-electron chi connectivity index (χ2n) is 6.71. The van der Waals surface area contributed by atoms with Crippen LogP contribution < -0.4 is 0 Å². The van der Waals surface area contributed by atoms with Gasteiger partial charge in [0, 0.05) is 13.1 Å². The smallest absolute Gasteiger partial charge is 0.267 e. The lowest BCUT2D eigenvalue weighted by Crippen LogP contribution is -2.45. The molecule has 1 aromatic heterocycles. The van der Waals surface area contributed by atoms with E-state index in [1.807, 2.05) is 18.7 Å². The molecule has 1 atom stereocenters. The quantitative estimate of drug-likeness (QED) is 0.805. The van der Waals surface area contributed by atoms with E-state index in [9.17, 15) is 4.79 Å². The van der Waals surface area contributed by atoms with Gasteiger partial charge in [0.25, 0.3) is 5.91 Å². The molecular formula is C16H27N3O2S. The Bertz CT molecular complexity index is 487. The van der Waals surface area contributed by atoms with Crippen molar-refractivity contribution in [2.24, 2.45) is 5.92 Å². The van der Waals surface area contributed by atoms with Crippen LogP contribution in [0, 0.1) is 5.92 Å². The van der Waals surface area contributed by atoms with Crippen molar-refractivity contribution < 1.29 is 9.53 Å². The first-order valence-electron chi connectivity index (χ1n) is 8.22. The number of hydrogen-bond donors (Lipinski definition) is 0. The summed E-state index contributed by atoms with van der Waals surface area (Å²) in [6.07, 6.45) is 3.56. The van der Waals surface area contributed by atoms with Gasteiger partial charge in [-0.1, -0.05) is 45.0 Å². The maximum atomic E-state index is 12.7. The highest BCUT2D eigenvalue weighted by Gasteiger charge is 2.28. The van der Waals surface area contributed by atoms with E-state index in [2.05, 4.69) is 23.4 Å². The number of hydrogen-bond acceptors (Lipinski definition) is 5. The van der Waals surface area contributed by atoms with Crippen LogP contribution in [0.3, 0.4) is 0 Å². The van der Waals surface area contributed by atoms with Crippen LogP contribution in [0.1, 0.15) is 68.2 Å². The largest absolute Gasteiger partial charge is 0.375 e. The number of carbonyl (C=O) groups excluding carboxylic acids is 1. The number of rotatable bonds is 6. The summed E-state index contributed by atoms with van der Waals surface area (Å²) >= 11 is 1.21. The van der Waals surface area contributed by atoms with Crippen LogP contribution in [0.25, 0.3) is 0 Å². The van der Waals surface area contributed by atoms with E-state index in [1.165, 1.54) is 18.0 Å². The molecule has 1 amide bonds. The fourth-order valence-corrected chi connectivity index (χ4v) is 3.49. The van der Waals surface area contributed by atoms with Crippen molar-refractivity contribution in [1.82, 2.24) is 14.5 Å². The molecule has 1 saturated heterocycles. The van der Waals surface area contributed by atoms with Gasteiger partial charge in [-0.3, -0.25) is 4.79 Å². The van der Waals surface area contributed by atoms with Crippen molar-refractivity contribution in [2.75, 3.05) is 19.7 Å². The van der Waals surface area contributed by atoms with Crippen molar-refractivity contribution in [1.29, 1.82) is 0 Å². The summed E-state index contributed by atoms with van der Waals surface area (Å²) in [6, 6.07) is 0.